The first-order chi connectivity index (χ1) is 15.3. The first kappa shape index (κ1) is 21.8. The lowest BCUT2D eigenvalue weighted by molar-refractivity contribution is -0.131. The van der Waals surface area contributed by atoms with E-state index in [-0.39, 0.29) is 36.3 Å². The standard InChI is InChI=1S/C24H26FN3O4/c1-16-24(31)26(2)20-15-17(7-9-22(20)32-16)21(29)8-10-23(30)28-13-11-27(12-14-28)19-6-4-3-5-18(19)25/h3-7,9,15-16H,8,10-14H2,1-2H3. The van der Waals surface area contributed by atoms with E-state index in [1.165, 1.54) is 11.0 Å². The third-order valence-corrected chi connectivity index (χ3v) is 6.02. The number of hydrogen-bond donors (Lipinski definition) is 0. The Balaban J connectivity index is 1.32. The van der Waals surface area contributed by atoms with Crippen LogP contribution in [0.15, 0.2) is 42.5 Å². The number of fused-ring (bicyclic) bond motifs is 1. The van der Waals surface area contributed by atoms with Crippen molar-refractivity contribution in [1.82, 2.24) is 4.90 Å². The summed E-state index contributed by atoms with van der Waals surface area (Å²) in [6.45, 7) is 3.75. The molecule has 2 aromatic rings. The number of ether oxygens (including phenoxy) is 1. The van der Waals surface area contributed by atoms with Gasteiger partial charge < -0.3 is 19.4 Å². The number of ketones is 1. The molecule has 0 spiro atoms. The van der Waals surface area contributed by atoms with E-state index >= 15 is 0 Å². The second-order valence-electron chi connectivity index (χ2n) is 8.08. The van der Waals surface area contributed by atoms with Crippen LogP contribution < -0.4 is 14.5 Å². The minimum Gasteiger partial charge on any atom is -0.479 e. The zero-order chi connectivity index (χ0) is 22.8. The molecule has 0 saturated carbocycles. The number of rotatable bonds is 5. The van der Waals surface area contributed by atoms with Crippen molar-refractivity contribution < 1.29 is 23.5 Å². The SMILES string of the molecule is CC1Oc2ccc(C(=O)CCC(=O)N3CCN(c4ccccc4F)CC3)cc2N(C)C1=O. The van der Waals surface area contributed by atoms with Crippen molar-refractivity contribution >= 4 is 29.0 Å². The van der Waals surface area contributed by atoms with Gasteiger partial charge in [0.15, 0.2) is 11.9 Å². The summed E-state index contributed by atoms with van der Waals surface area (Å²) in [5, 5.41) is 0. The number of para-hydroxylation sites is 1. The van der Waals surface area contributed by atoms with Crippen LogP contribution in [0.1, 0.15) is 30.1 Å². The Morgan fingerprint density at radius 1 is 1.03 bits per heavy atom. The van der Waals surface area contributed by atoms with Gasteiger partial charge in [0, 0.05) is 51.6 Å². The van der Waals surface area contributed by atoms with Crippen LogP contribution >= 0.6 is 0 Å². The molecule has 1 saturated heterocycles. The fourth-order valence-corrected chi connectivity index (χ4v) is 4.11. The summed E-state index contributed by atoms with van der Waals surface area (Å²) in [6, 6.07) is 11.6. The van der Waals surface area contributed by atoms with Crippen LogP contribution in [0.3, 0.4) is 0 Å². The van der Waals surface area contributed by atoms with Crippen LogP contribution in [0.25, 0.3) is 0 Å². The number of hydrogen-bond acceptors (Lipinski definition) is 5. The van der Waals surface area contributed by atoms with E-state index in [9.17, 15) is 18.8 Å². The highest BCUT2D eigenvalue weighted by Gasteiger charge is 2.29. The van der Waals surface area contributed by atoms with Crippen LogP contribution in [0, 0.1) is 5.82 Å². The molecule has 0 aromatic heterocycles. The molecule has 2 aromatic carbocycles. The number of halogens is 1. The Bertz CT molecular complexity index is 1050. The minimum absolute atomic E-state index is 0.0834. The quantitative estimate of drug-likeness (QED) is 0.670. The van der Waals surface area contributed by atoms with Crippen LogP contribution in [0.5, 0.6) is 5.75 Å². The number of Topliss-reactive ketones (excluding diaryl/α,β-unsaturated/α-hetero) is 1. The molecule has 0 bridgehead atoms. The van der Waals surface area contributed by atoms with Gasteiger partial charge in [0.2, 0.25) is 5.91 Å². The maximum Gasteiger partial charge on any atom is 0.267 e. The molecular weight excluding hydrogens is 413 g/mol. The zero-order valence-electron chi connectivity index (χ0n) is 18.2. The molecule has 0 N–H and O–H groups in total. The van der Waals surface area contributed by atoms with Crippen molar-refractivity contribution in [3.05, 3.63) is 53.8 Å². The Kier molecular flexibility index (Phi) is 6.12. The molecule has 1 atom stereocenters. The number of amides is 2. The van der Waals surface area contributed by atoms with E-state index in [0.717, 1.165) is 0 Å². The highest BCUT2D eigenvalue weighted by atomic mass is 19.1. The molecule has 168 valence electrons. The summed E-state index contributed by atoms with van der Waals surface area (Å²) >= 11 is 0. The van der Waals surface area contributed by atoms with Gasteiger partial charge in [-0.15, -0.1) is 0 Å². The van der Waals surface area contributed by atoms with E-state index in [0.29, 0.717) is 48.9 Å². The summed E-state index contributed by atoms with van der Waals surface area (Å²) < 4.78 is 19.6. The molecule has 32 heavy (non-hydrogen) atoms. The minimum atomic E-state index is -0.564. The average Bonchev–Trinajstić information content (AvgIpc) is 2.81. The lowest BCUT2D eigenvalue weighted by Gasteiger charge is -2.36. The lowest BCUT2D eigenvalue weighted by Crippen LogP contribution is -2.49. The van der Waals surface area contributed by atoms with E-state index in [4.69, 9.17) is 4.74 Å². The van der Waals surface area contributed by atoms with Crippen molar-refractivity contribution in [1.29, 1.82) is 0 Å². The largest absolute Gasteiger partial charge is 0.479 e. The fourth-order valence-electron chi connectivity index (χ4n) is 4.11. The van der Waals surface area contributed by atoms with Crippen molar-refractivity contribution in [3.8, 4) is 5.75 Å². The van der Waals surface area contributed by atoms with E-state index in [1.54, 1.807) is 55.3 Å². The van der Waals surface area contributed by atoms with E-state index < -0.39 is 6.10 Å². The number of likely N-dealkylation sites (N-methyl/N-ethyl adjacent to an activating group) is 1. The predicted octanol–water partition coefficient (Wildman–Crippen LogP) is 2.88. The first-order valence-corrected chi connectivity index (χ1v) is 10.7. The summed E-state index contributed by atoms with van der Waals surface area (Å²) in [5.41, 5.74) is 1.54. The molecule has 1 unspecified atom stereocenters. The van der Waals surface area contributed by atoms with Gasteiger partial charge in [-0.05, 0) is 37.3 Å². The Morgan fingerprint density at radius 2 is 1.75 bits per heavy atom. The molecule has 0 aliphatic carbocycles. The summed E-state index contributed by atoms with van der Waals surface area (Å²) in [4.78, 5) is 42.6. The molecule has 8 heteroatoms. The molecule has 2 amide bonds. The number of anilines is 2. The van der Waals surface area contributed by atoms with Gasteiger partial charge in [0.25, 0.3) is 5.91 Å². The molecular formula is C24H26FN3O4. The number of nitrogens with zero attached hydrogens (tertiary/aromatic N) is 3. The second-order valence-corrected chi connectivity index (χ2v) is 8.08. The van der Waals surface area contributed by atoms with Gasteiger partial charge >= 0.3 is 0 Å². The summed E-state index contributed by atoms with van der Waals surface area (Å²) in [5.74, 6) is -0.138. The molecule has 4 rings (SSSR count). The highest BCUT2D eigenvalue weighted by molar-refractivity contribution is 6.03. The van der Waals surface area contributed by atoms with Crippen molar-refractivity contribution in [2.75, 3.05) is 43.0 Å². The third kappa shape index (κ3) is 4.30. The van der Waals surface area contributed by atoms with Crippen LogP contribution in [-0.2, 0) is 9.59 Å². The van der Waals surface area contributed by atoms with Crippen LogP contribution in [0.4, 0.5) is 15.8 Å². The Hall–Kier alpha value is -3.42. The zero-order valence-corrected chi connectivity index (χ0v) is 18.2. The summed E-state index contributed by atoms with van der Waals surface area (Å²) in [6.07, 6.45) is -0.372. The smallest absolute Gasteiger partial charge is 0.267 e. The first-order valence-electron chi connectivity index (χ1n) is 10.7. The van der Waals surface area contributed by atoms with Gasteiger partial charge in [-0.1, -0.05) is 12.1 Å². The van der Waals surface area contributed by atoms with E-state index in [1.807, 2.05) is 4.90 Å². The van der Waals surface area contributed by atoms with Crippen molar-refractivity contribution in [3.63, 3.8) is 0 Å². The van der Waals surface area contributed by atoms with Gasteiger partial charge in [0.05, 0.1) is 11.4 Å². The molecule has 2 heterocycles. The number of carbonyl (C=O) groups is 3. The van der Waals surface area contributed by atoms with Gasteiger partial charge in [-0.25, -0.2) is 4.39 Å². The number of piperazine rings is 1. The summed E-state index contributed by atoms with van der Waals surface area (Å²) in [7, 11) is 1.65. The topological polar surface area (TPSA) is 70.2 Å². The van der Waals surface area contributed by atoms with Crippen molar-refractivity contribution in [2.24, 2.45) is 0 Å². The molecule has 2 aliphatic rings. The molecule has 2 aliphatic heterocycles. The number of benzene rings is 2. The van der Waals surface area contributed by atoms with Crippen LogP contribution in [-0.4, -0.2) is 61.8 Å². The predicted molar refractivity (Wildman–Crippen MR) is 119 cm³/mol. The van der Waals surface area contributed by atoms with Crippen molar-refractivity contribution in [2.45, 2.75) is 25.9 Å². The van der Waals surface area contributed by atoms with Crippen LogP contribution in [0.2, 0.25) is 0 Å². The van der Waals surface area contributed by atoms with E-state index in [2.05, 4.69) is 0 Å². The average molecular weight is 439 g/mol. The second kappa shape index (κ2) is 8.98. The molecule has 1 fully saturated rings. The Labute approximate surface area is 186 Å². The third-order valence-electron chi connectivity index (χ3n) is 6.02. The number of carbonyl (C=O) groups excluding carboxylic acids is 3. The van der Waals surface area contributed by atoms with Gasteiger partial charge in [-0.3, -0.25) is 14.4 Å². The van der Waals surface area contributed by atoms with Gasteiger partial charge in [0.1, 0.15) is 11.6 Å². The maximum atomic E-state index is 14.0. The molecule has 7 nitrogen and oxygen atoms in total. The lowest BCUT2D eigenvalue weighted by atomic mass is 10.0. The Morgan fingerprint density at radius 3 is 2.47 bits per heavy atom. The molecule has 0 radical (unpaired) electrons. The fraction of sp³-hybridized carbons (Fsp3) is 0.375. The maximum absolute atomic E-state index is 14.0. The monoisotopic (exact) mass is 439 g/mol. The normalized spacial score (nSPS) is 18.3. The highest BCUT2D eigenvalue weighted by Crippen LogP contribution is 2.34. The van der Waals surface area contributed by atoms with Gasteiger partial charge in [-0.2, -0.15) is 0 Å².